The van der Waals surface area contributed by atoms with Gasteiger partial charge in [0.2, 0.25) is 0 Å². The van der Waals surface area contributed by atoms with E-state index in [2.05, 4.69) is 15.3 Å². The number of nitrogens with zero attached hydrogens (tertiary/aromatic N) is 3. The van der Waals surface area contributed by atoms with Gasteiger partial charge >= 0.3 is 6.18 Å². The van der Waals surface area contributed by atoms with E-state index in [1.807, 2.05) is 0 Å². The number of hydrogen-bond acceptors (Lipinski definition) is 3. The van der Waals surface area contributed by atoms with Crippen molar-refractivity contribution in [3.05, 3.63) is 74.9 Å². The first-order valence-electron chi connectivity index (χ1n) is 7.65. The Kier molecular flexibility index (Phi) is 5.83. The van der Waals surface area contributed by atoms with Gasteiger partial charge in [0.25, 0.3) is 5.91 Å². The molecule has 11 heteroatoms. The van der Waals surface area contributed by atoms with Crippen LogP contribution in [0.25, 0.3) is 5.82 Å². The second kappa shape index (κ2) is 7.98. The minimum absolute atomic E-state index is 0.101. The maximum Gasteiger partial charge on any atom is 0.417 e. The van der Waals surface area contributed by atoms with Gasteiger partial charge in [-0.15, -0.1) is 0 Å². The van der Waals surface area contributed by atoms with E-state index in [0.29, 0.717) is 17.0 Å². The van der Waals surface area contributed by atoms with Crippen LogP contribution in [-0.4, -0.2) is 20.4 Å². The van der Waals surface area contributed by atoms with Crippen molar-refractivity contribution in [1.82, 2.24) is 19.9 Å². The Labute approximate surface area is 172 Å². The molecular formula is C17H10Cl3F3N4O. The summed E-state index contributed by atoms with van der Waals surface area (Å²) in [6.07, 6.45) is -0.922. The number of halogens is 6. The fourth-order valence-corrected chi connectivity index (χ4v) is 3.05. The lowest BCUT2D eigenvalue weighted by molar-refractivity contribution is -0.137. The van der Waals surface area contributed by atoms with E-state index >= 15 is 0 Å². The Hall–Kier alpha value is -2.29. The minimum Gasteiger partial charge on any atom is -0.345 e. The molecule has 146 valence electrons. The Morgan fingerprint density at radius 1 is 1.11 bits per heavy atom. The van der Waals surface area contributed by atoms with Crippen LogP contribution in [0.15, 0.2) is 42.9 Å². The summed E-state index contributed by atoms with van der Waals surface area (Å²) < 4.78 is 39.5. The monoisotopic (exact) mass is 448 g/mol. The second-order valence-corrected chi connectivity index (χ2v) is 6.81. The molecule has 3 aromatic heterocycles. The largest absolute Gasteiger partial charge is 0.417 e. The lowest BCUT2D eigenvalue weighted by Gasteiger charge is -2.12. The van der Waals surface area contributed by atoms with Crippen molar-refractivity contribution in [3.63, 3.8) is 0 Å². The van der Waals surface area contributed by atoms with Crippen molar-refractivity contribution in [2.45, 2.75) is 12.7 Å². The predicted molar refractivity (Wildman–Crippen MR) is 99.0 cm³/mol. The van der Waals surface area contributed by atoms with Crippen LogP contribution in [0.4, 0.5) is 13.2 Å². The van der Waals surface area contributed by atoms with Gasteiger partial charge in [-0.3, -0.25) is 14.3 Å². The van der Waals surface area contributed by atoms with Gasteiger partial charge in [-0.1, -0.05) is 34.8 Å². The lowest BCUT2D eigenvalue weighted by atomic mass is 10.2. The van der Waals surface area contributed by atoms with Gasteiger partial charge in [0.1, 0.15) is 5.69 Å². The number of alkyl halides is 3. The van der Waals surface area contributed by atoms with Gasteiger partial charge in [0.05, 0.1) is 32.9 Å². The highest BCUT2D eigenvalue weighted by Crippen LogP contribution is 2.31. The van der Waals surface area contributed by atoms with Gasteiger partial charge < -0.3 is 5.32 Å². The Balaban J connectivity index is 1.78. The number of amides is 1. The maximum absolute atomic E-state index is 12.7. The van der Waals surface area contributed by atoms with E-state index in [1.54, 1.807) is 12.3 Å². The fraction of sp³-hybridized carbons (Fsp3) is 0.118. The number of aromatic nitrogens is 3. The molecule has 0 aliphatic heterocycles. The SMILES string of the molecule is O=C(NCc1ncc(C(F)(F)F)cc1Cl)c1cccn1-c1ncc(Cl)cc1Cl. The lowest BCUT2D eigenvalue weighted by Crippen LogP contribution is -2.26. The van der Waals surface area contributed by atoms with E-state index in [1.165, 1.54) is 22.9 Å². The van der Waals surface area contributed by atoms with Crippen LogP contribution >= 0.6 is 34.8 Å². The first-order chi connectivity index (χ1) is 13.2. The van der Waals surface area contributed by atoms with Gasteiger partial charge in [0.15, 0.2) is 5.82 Å². The zero-order valence-corrected chi connectivity index (χ0v) is 16.0. The van der Waals surface area contributed by atoms with Crippen molar-refractivity contribution in [2.75, 3.05) is 0 Å². The summed E-state index contributed by atoms with van der Waals surface area (Å²) in [5, 5.41) is 2.94. The molecule has 3 aromatic rings. The van der Waals surface area contributed by atoms with E-state index in [0.717, 1.165) is 6.07 Å². The molecule has 0 fully saturated rings. The average Bonchev–Trinajstić information content (AvgIpc) is 3.09. The van der Waals surface area contributed by atoms with Gasteiger partial charge in [-0.25, -0.2) is 4.98 Å². The standard InChI is InChI=1S/C17H10Cl3F3N4O/c18-10-5-12(20)15(25-7-10)27-3-1-2-14(27)16(28)26-8-13-11(19)4-9(6-24-13)17(21,22)23/h1-7H,8H2,(H,26,28). The second-order valence-electron chi connectivity index (χ2n) is 5.56. The first-order valence-corrected chi connectivity index (χ1v) is 8.79. The molecule has 1 N–H and O–H groups in total. The third-order valence-corrected chi connectivity index (χ3v) is 4.47. The van der Waals surface area contributed by atoms with Crippen molar-refractivity contribution in [3.8, 4) is 5.82 Å². The molecule has 0 aromatic carbocycles. The van der Waals surface area contributed by atoms with Crippen LogP contribution in [-0.2, 0) is 12.7 Å². The molecule has 0 atom stereocenters. The van der Waals surface area contributed by atoms with Crippen molar-refractivity contribution >= 4 is 40.7 Å². The van der Waals surface area contributed by atoms with Crippen LogP contribution in [0.1, 0.15) is 21.7 Å². The molecule has 0 aliphatic rings. The Morgan fingerprint density at radius 2 is 1.86 bits per heavy atom. The number of nitrogens with one attached hydrogen (secondary N) is 1. The number of rotatable bonds is 4. The first kappa shape index (κ1) is 20.4. The van der Waals surface area contributed by atoms with Gasteiger partial charge in [-0.05, 0) is 24.3 Å². The summed E-state index contributed by atoms with van der Waals surface area (Å²) in [4.78, 5) is 20.3. The molecule has 0 unspecified atom stereocenters. The summed E-state index contributed by atoms with van der Waals surface area (Å²) in [6, 6.07) is 5.39. The fourth-order valence-electron chi connectivity index (χ4n) is 2.34. The normalized spacial score (nSPS) is 11.5. The Morgan fingerprint density at radius 3 is 2.50 bits per heavy atom. The van der Waals surface area contributed by atoms with Crippen LogP contribution in [0.5, 0.6) is 0 Å². The summed E-state index contributed by atoms with van der Waals surface area (Å²) in [6.45, 7) is -0.164. The van der Waals surface area contributed by atoms with Gasteiger partial charge in [0, 0.05) is 18.6 Å². The zero-order valence-electron chi connectivity index (χ0n) is 13.8. The van der Waals surface area contributed by atoms with Crippen molar-refractivity contribution in [1.29, 1.82) is 0 Å². The molecule has 0 radical (unpaired) electrons. The van der Waals surface area contributed by atoms with E-state index in [4.69, 9.17) is 34.8 Å². The molecule has 28 heavy (non-hydrogen) atoms. The zero-order chi connectivity index (χ0) is 20.5. The number of carbonyl (C=O) groups is 1. The predicted octanol–water partition coefficient (Wildman–Crippen LogP) is 5.18. The van der Waals surface area contributed by atoms with Crippen LogP contribution in [0.2, 0.25) is 15.1 Å². The average molecular weight is 450 g/mol. The summed E-state index contributed by atoms with van der Waals surface area (Å²) in [7, 11) is 0. The molecule has 0 saturated heterocycles. The highest BCUT2D eigenvalue weighted by molar-refractivity contribution is 6.35. The molecule has 0 spiro atoms. The maximum atomic E-state index is 12.7. The van der Waals surface area contributed by atoms with E-state index in [9.17, 15) is 18.0 Å². The molecule has 0 aliphatic carbocycles. The highest BCUT2D eigenvalue weighted by atomic mass is 35.5. The topological polar surface area (TPSA) is 59.8 Å². The highest BCUT2D eigenvalue weighted by Gasteiger charge is 2.31. The summed E-state index contributed by atoms with van der Waals surface area (Å²) >= 11 is 17.8. The van der Waals surface area contributed by atoms with Crippen molar-refractivity contribution in [2.24, 2.45) is 0 Å². The molecule has 3 rings (SSSR count). The quantitative estimate of drug-likeness (QED) is 0.597. The van der Waals surface area contributed by atoms with Crippen LogP contribution in [0.3, 0.4) is 0 Å². The van der Waals surface area contributed by atoms with Crippen LogP contribution in [0, 0.1) is 0 Å². The minimum atomic E-state index is -4.55. The van der Waals surface area contributed by atoms with E-state index < -0.39 is 17.6 Å². The third kappa shape index (κ3) is 4.40. The molecular weight excluding hydrogens is 440 g/mol. The smallest absolute Gasteiger partial charge is 0.345 e. The summed E-state index contributed by atoms with van der Waals surface area (Å²) in [5.74, 6) is -0.220. The van der Waals surface area contributed by atoms with Gasteiger partial charge in [-0.2, -0.15) is 13.2 Å². The van der Waals surface area contributed by atoms with Crippen molar-refractivity contribution < 1.29 is 18.0 Å². The third-order valence-electron chi connectivity index (χ3n) is 3.66. The molecule has 0 bridgehead atoms. The van der Waals surface area contributed by atoms with E-state index in [-0.39, 0.29) is 28.0 Å². The molecule has 3 heterocycles. The Bertz CT molecular complexity index is 1040. The number of carbonyl (C=O) groups excluding carboxylic acids is 1. The van der Waals surface area contributed by atoms with Crippen LogP contribution < -0.4 is 5.32 Å². The molecule has 0 saturated carbocycles. The number of hydrogen-bond donors (Lipinski definition) is 1. The molecule has 5 nitrogen and oxygen atoms in total. The number of pyridine rings is 2. The summed E-state index contributed by atoms with van der Waals surface area (Å²) in [5.41, 5.74) is -0.659. The molecule has 1 amide bonds.